The molecule has 2 unspecified atom stereocenters. The Morgan fingerprint density at radius 1 is 1.00 bits per heavy atom. The van der Waals surface area contributed by atoms with E-state index < -0.39 is 0 Å². The first-order valence-corrected chi connectivity index (χ1v) is 8.66. The molecule has 0 aromatic heterocycles. The van der Waals surface area contributed by atoms with Crippen LogP contribution in [0.25, 0.3) is 11.1 Å². The molecule has 0 spiro atoms. The van der Waals surface area contributed by atoms with Crippen molar-refractivity contribution in [1.82, 2.24) is 0 Å². The number of hydrogen-bond acceptors (Lipinski definition) is 4. The van der Waals surface area contributed by atoms with Gasteiger partial charge in [-0.1, -0.05) is 24.3 Å². The Morgan fingerprint density at radius 3 is 2.21 bits per heavy atom. The van der Waals surface area contributed by atoms with Crippen LogP contribution in [0.4, 0.5) is 11.4 Å². The molecule has 0 aliphatic carbocycles. The van der Waals surface area contributed by atoms with Crippen molar-refractivity contribution in [3.63, 3.8) is 0 Å². The minimum absolute atomic E-state index is 0.196. The zero-order chi connectivity index (χ0) is 17.1. The van der Waals surface area contributed by atoms with Gasteiger partial charge in [0.25, 0.3) is 0 Å². The number of anilines is 2. The lowest BCUT2D eigenvalue weighted by Crippen LogP contribution is -2.22. The molecule has 2 aromatic rings. The van der Waals surface area contributed by atoms with Crippen LogP contribution in [0.2, 0.25) is 0 Å². The van der Waals surface area contributed by atoms with Crippen LogP contribution in [0.1, 0.15) is 36.5 Å². The summed E-state index contributed by atoms with van der Waals surface area (Å²) in [5.74, 6) is 0.615. The molecular formula is C20H27N3O. The second-order valence-electron chi connectivity index (χ2n) is 6.74. The highest BCUT2D eigenvalue weighted by atomic mass is 16.5. The summed E-state index contributed by atoms with van der Waals surface area (Å²) in [6.45, 7) is 3.50. The van der Waals surface area contributed by atoms with Gasteiger partial charge in [-0.25, -0.2) is 0 Å². The lowest BCUT2D eigenvalue weighted by atomic mass is 9.92. The summed E-state index contributed by atoms with van der Waals surface area (Å²) >= 11 is 0. The molecule has 128 valence electrons. The van der Waals surface area contributed by atoms with Crippen LogP contribution in [0.5, 0.6) is 0 Å². The van der Waals surface area contributed by atoms with Crippen molar-refractivity contribution in [2.45, 2.75) is 32.3 Å². The predicted molar refractivity (Wildman–Crippen MR) is 101 cm³/mol. The van der Waals surface area contributed by atoms with Gasteiger partial charge >= 0.3 is 0 Å². The molecule has 6 N–H and O–H groups in total. The number of hydrogen-bond donors (Lipinski definition) is 3. The summed E-state index contributed by atoms with van der Waals surface area (Å²) in [6, 6.07) is 12.5. The molecule has 0 bridgehead atoms. The fourth-order valence-corrected chi connectivity index (χ4v) is 3.35. The number of nitrogen functional groups attached to an aromatic ring is 2. The molecule has 2 atom stereocenters. The molecule has 1 saturated heterocycles. The number of nitrogens with two attached hydrogens (primary N) is 3. The normalized spacial score (nSPS) is 20.9. The fourth-order valence-electron chi connectivity index (χ4n) is 3.35. The second kappa shape index (κ2) is 7.24. The first-order valence-electron chi connectivity index (χ1n) is 8.66. The smallest absolute Gasteiger partial charge is 0.0825 e. The van der Waals surface area contributed by atoms with Gasteiger partial charge in [0.2, 0.25) is 0 Å². The topological polar surface area (TPSA) is 87.3 Å². The Labute approximate surface area is 144 Å². The maximum Gasteiger partial charge on any atom is 0.0825 e. The highest BCUT2D eigenvalue weighted by molar-refractivity contribution is 5.75. The van der Waals surface area contributed by atoms with Crippen LogP contribution >= 0.6 is 0 Å². The highest BCUT2D eigenvalue weighted by Gasteiger charge is 2.22. The average Bonchev–Trinajstić information content (AvgIpc) is 2.60. The Hall–Kier alpha value is -2.04. The maximum atomic E-state index is 6.03. The third kappa shape index (κ3) is 3.55. The summed E-state index contributed by atoms with van der Waals surface area (Å²) in [7, 11) is 0. The van der Waals surface area contributed by atoms with E-state index in [4.69, 9.17) is 21.9 Å². The van der Waals surface area contributed by atoms with E-state index in [0.717, 1.165) is 54.1 Å². The van der Waals surface area contributed by atoms with Gasteiger partial charge in [-0.15, -0.1) is 0 Å². The van der Waals surface area contributed by atoms with Crippen molar-refractivity contribution in [1.29, 1.82) is 0 Å². The van der Waals surface area contributed by atoms with Gasteiger partial charge in [-0.05, 0) is 73.0 Å². The SMILES string of the molecule is Cc1c(N)cc(-c2ccc(C3CCC(CCN)CO3)cc2)cc1N. The molecule has 1 aliphatic rings. The van der Waals surface area contributed by atoms with Crippen LogP contribution in [0.15, 0.2) is 36.4 Å². The molecule has 4 nitrogen and oxygen atoms in total. The number of ether oxygens (including phenoxy) is 1. The third-order valence-electron chi connectivity index (χ3n) is 5.05. The zero-order valence-corrected chi connectivity index (χ0v) is 14.3. The quantitative estimate of drug-likeness (QED) is 0.749. The van der Waals surface area contributed by atoms with E-state index in [0.29, 0.717) is 5.92 Å². The summed E-state index contributed by atoms with van der Waals surface area (Å²) in [5.41, 5.74) is 23.5. The van der Waals surface area contributed by atoms with Gasteiger partial charge in [0.15, 0.2) is 0 Å². The molecule has 1 heterocycles. The molecule has 0 radical (unpaired) electrons. The first kappa shape index (κ1) is 16.8. The van der Waals surface area contributed by atoms with Crippen molar-refractivity contribution < 1.29 is 4.74 Å². The van der Waals surface area contributed by atoms with Crippen molar-refractivity contribution >= 4 is 11.4 Å². The van der Waals surface area contributed by atoms with Gasteiger partial charge < -0.3 is 21.9 Å². The first-order chi connectivity index (χ1) is 11.6. The monoisotopic (exact) mass is 325 g/mol. The van der Waals surface area contributed by atoms with Crippen molar-refractivity contribution in [2.75, 3.05) is 24.6 Å². The Bertz CT molecular complexity index is 666. The molecule has 2 aromatic carbocycles. The van der Waals surface area contributed by atoms with E-state index in [1.165, 1.54) is 12.0 Å². The minimum atomic E-state index is 0.196. The van der Waals surface area contributed by atoms with E-state index in [1.54, 1.807) is 0 Å². The van der Waals surface area contributed by atoms with Gasteiger partial charge in [-0.3, -0.25) is 0 Å². The van der Waals surface area contributed by atoms with E-state index in [2.05, 4.69) is 24.3 Å². The van der Waals surface area contributed by atoms with Gasteiger partial charge in [-0.2, -0.15) is 0 Å². The summed E-state index contributed by atoms with van der Waals surface area (Å²) < 4.78 is 6.03. The molecule has 0 amide bonds. The highest BCUT2D eigenvalue weighted by Crippen LogP contribution is 2.33. The van der Waals surface area contributed by atoms with E-state index in [1.807, 2.05) is 19.1 Å². The van der Waals surface area contributed by atoms with Crippen molar-refractivity contribution in [3.05, 3.63) is 47.5 Å². The van der Waals surface area contributed by atoms with Crippen molar-refractivity contribution in [2.24, 2.45) is 11.7 Å². The molecule has 1 fully saturated rings. The predicted octanol–water partition coefficient (Wildman–Crippen LogP) is 3.64. The molecule has 0 saturated carbocycles. The van der Waals surface area contributed by atoms with Crippen molar-refractivity contribution in [3.8, 4) is 11.1 Å². The van der Waals surface area contributed by atoms with Crippen LogP contribution < -0.4 is 17.2 Å². The van der Waals surface area contributed by atoms with Crippen LogP contribution in [-0.2, 0) is 4.74 Å². The lowest BCUT2D eigenvalue weighted by Gasteiger charge is -2.29. The third-order valence-corrected chi connectivity index (χ3v) is 5.05. The zero-order valence-electron chi connectivity index (χ0n) is 14.3. The molecule has 24 heavy (non-hydrogen) atoms. The van der Waals surface area contributed by atoms with E-state index in [9.17, 15) is 0 Å². The standard InChI is InChI=1S/C20H27N3O/c1-13-18(22)10-17(11-19(13)23)15-3-5-16(6-4-15)20-7-2-14(8-9-21)12-24-20/h3-6,10-11,14,20H,2,7-9,12,21-23H2,1H3. The molecule has 4 heteroatoms. The fraction of sp³-hybridized carbons (Fsp3) is 0.400. The summed E-state index contributed by atoms with van der Waals surface area (Å²) in [5, 5.41) is 0. The minimum Gasteiger partial charge on any atom is -0.398 e. The van der Waals surface area contributed by atoms with Gasteiger partial charge in [0, 0.05) is 11.4 Å². The summed E-state index contributed by atoms with van der Waals surface area (Å²) in [6.07, 6.45) is 3.51. The molecule has 1 aliphatic heterocycles. The van der Waals surface area contributed by atoms with Crippen LogP contribution in [0, 0.1) is 12.8 Å². The Morgan fingerprint density at radius 2 is 1.67 bits per heavy atom. The van der Waals surface area contributed by atoms with E-state index in [-0.39, 0.29) is 6.10 Å². The van der Waals surface area contributed by atoms with Crippen LogP contribution in [-0.4, -0.2) is 13.2 Å². The number of rotatable bonds is 4. The largest absolute Gasteiger partial charge is 0.398 e. The van der Waals surface area contributed by atoms with E-state index >= 15 is 0 Å². The number of benzene rings is 2. The Kier molecular flexibility index (Phi) is 5.07. The van der Waals surface area contributed by atoms with Crippen LogP contribution in [0.3, 0.4) is 0 Å². The molecular weight excluding hydrogens is 298 g/mol. The maximum absolute atomic E-state index is 6.03. The Balaban J connectivity index is 1.72. The molecule has 3 rings (SSSR count). The lowest BCUT2D eigenvalue weighted by molar-refractivity contribution is -0.0186. The van der Waals surface area contributed by atoms with Gasteiger partial charge in [0.05, 0.1) is 12.7 Å². The average molecular weight is 325 g/mol. The summed E-state index contributed by atoms with van der Waals surface area (Å²) in [4.78, 5) is 0. The van der Waals surface area contributed by atoms with Gasteiger partial charge in [0.1, 0.15) is 0 Å². The second-order valence-corrected chi connectivity index (χ2v) is 6.74.